The van der Waals surface area contributed by atoms with Gasteiger partial charge in [-0.2, -0.15) is 0 Å². The van der Waals surface area contributed by atoms with Crippen LogP contribution in [0.1, 0.15) is 21.3 Å². The van der Waals surface area contributed by atoms with Gasteiger partial charge in [-0.15, -0.1) is 11.8 Å². The lowest BCUT2D eigenvalue weighted by Gasteiger charge is -2.27. The molecule has 9 heteroatoms. The van der Waals surface area contributed by atoms with Crippen molar-refractivity contribution < 1.29 is 14.4 Å². The van der Waals surface area contributed by atoms with E-state index in [4.69, 9.17) is 5.73 Å². The van der Waals surface area contributed by atoms with Gasteiger partial charge in [-0.25, -0.2) is 0 Å². The van der Waals surface area contributed by atoms with E-state index in [-0.39, 0.29) is 6.54 Å². The number of pyridine rings is 1. The maximum Gasteiger partial charge on any atom is 0.268 e. The fraction of sp³-hybridized carbons (Fsp3) is 0.120. The van der Waals surface area contributed by atoms with Crippen molar-refractivity contribution >= 4 is 46.1 Å². The van der Waals surface area contributed by atoms with Crippen molar-refractivity contribution in [3.8, 4) is 0 Å². The van der Waals surface area contributed by atoms with Gasteiger partial charge in [0.05, 0.1) is 10.9 Å². The van der Waals surface area contributed by atoms with E-state index in [0.717, 1.165) is 21.4 Å². The van der Waals surface area contributed by atoms with E-state index in [1.807, 2.05) is 42.5 Å². The first kappa shape index (κ1) is 21.7. The number of fused-ring (bicyclic) bond motifs is 2. The predicted octanol–water partition coefficient (Wildman–Crippen LogP) is 3.03. The van der Waals surface area contributed by atoms with Crippen molar-refractivity contribution in [2.24, 2.45) is 5.73 Å². The standard InChI is InChI=1S/C25H21N5O3S/c26-21(31)14-30-19-9-3-4-10-20(19)34-23(16-7-5-11-27-13-16)22(25(30)33)29-24(32)18-12-15-6-1-2-8-17(15)28-18/h1-13,22-23,28H,14H2,(H2,26,31)(H,29,32). The summed E-state index contributed by atoms with van der Waals surface area (Å²) in [4.78, 5) is 48.4. The van der Waals surface area contributed by atoms with E-state index in [0.29, 0.717) is 11.4 Å². The zero-order chi connectivity index (χ0) is 23.7. The van der Waals surface area contributed by atoms with Crippen LogP contribution in [-0.4, -0.2) is 40.3 Å². The van der Waals surface area contributed by atoms with Crippen LogP contribution in [0.5, 0.6) is 0 Å². The number of aromatic amines is 1. The van der Waals surface area contributed by atoms with E-state index in [9.17, 15) is 14.4 Å². The fourth-order valence-corrected chi connectivity index (χ4v) is 5.40. The Kier molecular flexibility index (Phi) is 5.77. The minimum absolute atomic E-state index is 0.297. The van der Waals surface area contributed by atoms with Gasteiger partial charge in [0.1, 0.15) is 18.3 Å². The molecule has 34 heavy (non-hydrogen) atoms. The van der Waals surface area contributed by atoms with Crippen LogP contribution < -0.4 is 16.0 Å². The summed E-state index contributed by atoms with van der Waals surface area (Å²) in [5, 5.41) is 3.32. The van der Waals surface area contributed by atoms with Crippen molar-refractivity contribution in [2.45, 2.75) is 16.2 Å². The Morgan fingerprint density at radius 2 is 1.88 bits per heavy atom. The summed E-state index contributed by atoms with van der Waals surface area (Å²) in [5.74, 6) is -1.49. The molecule has 2 aromatic heterocycles. The van der Waals surface area contributed by atoms with E-state index in [2.05, 4.69) is 15.3 Å². The van der Waals surface area contributed by atoms with E-state index >= 15 is 0 Å². The highest BCUT2D eigenvalue weighted by molar-refractivity contribution is 7.99. The number of carbonyl (C=O) groups is 3. The molecule has 2 aromatic carbocycles. The van der Waals surface area contributed by atoms with Gasteiger partial charge < -0.3 is 20.9 Å². The van der Waals surface area contributed by atoms with Gasteiger partial charge in [-0.3, -0.25) is 19.4 Å². The molecular formula is C25H21N5O3S. The molecule has 0 radical (unpaired) electrons. The van der Waals surface area contributed by atoms with Gasteiger partial charge in [-0.05, 0) is 35.9 Å². The summed E-state index contributed by atoms with van der Waals surface area (Å²) < 4.78 is 0. The number of para-hydroxylation sites is 2. The lowest BCUT2D eigenvalue weighted by molar-refractivity contribution is -0.123. The smallest absolute Gasteiger partial charge is 0.268 e. The van der Waals surface area contributed by atoms with Crippen molar-refractivity contribution in [3.05, 3.63) is 90.4 Å². The van der Waals surface area contributed by atoms with Gasteiger partial charge >= 0.3 is 0 Å². The molecule has 4 aromatic rings. The van der Waals surface area contributed by atoms with Gasteiger partial charge in [0.25, 0.3) is 11.8 Å². The number of carbonyl (C=O) groups excluding carboxylic acids is 3. The van der Waals surface area contributed by atoms with Crippen molar-refractivity contribution in [1.29, 1.82) is 0 Å². The Hall–Kier alpha value is -4.11. The quantitative estimate of drug-likeness (QED) is 0.413. The third-order valence-electron chi connectivity index (χ3n) is 5.63. The number of benzene rings is 2. The predicted molar refractivity (Wildman–Crippen MR) is 130 cm³/mol. The van der Waals surface area contributed by atoms with Crippen LogP contribution in [0.3, 0.4) is 0 Å². The number of primary amides is 1. The van der Waals surface area contributed by atoms with Crippen LogP contribution in [0.4, 0.5) is 5.69 Å². The van der Waals surface area contributed by atoms with Gasteiger partial charge in [0, 0.05) is 28.2 Å². The highest BCUT2D eigenvalue weighted by Crippen LogP contribution is 2.45. The SMILES string of the molecule is NC(=O)CN1C(=O)C(NC(=O)c2cc3ccccc3[nH]2)C(c2cccnc2)Sc2ccccc21. The Balaban J connectivity index is 1.57. The van der Waals surface area contributed by atoms with Crippen LogP contribution in [0, 0.1) is 0 Å². The number of rotatable bonds is 5. The van der Waals surface area contributed by atoms with Gasteiger partial charge in [0.2, 0.25) is 5.91 Å². The number of aromatic nitrogens is 2. The molecule has 2 unspecified atom stereocenters. The average molecular weight is 472 g/mol. The lowest BCUT2D eigenvalue weighted by atomic mass is 10.0. The maximum absolute atomic E-state index is 13.8. The number of nitrogens with one attached hydrogen (secondary N) is 2. The summed E-state index contributed by atoms with van der Waals surface area (Å²) >= 11 is 1.44. The third-order valence-corrected chi connectivity index (χ3v) is 7.03. The molecule has 0 saturated heterocycles. The number of amides is 3. The molecule has 0 saturated carbocycles. The molecule has 8 nitrogen and oxygen atoms in total. The van der Waals surface area contributed by atoms with Crippen LogP contribution >= 0.6 is 11.8 Å². The molecule has 0 spiro atoms. The molecule has 1 aliphatic rings. The molecule has 1 aliphatic heterocycles. The molecule has 3 amide bonds. The number of nitrogens with two attached hydrogens (primary N) is 1. The number of H-pyrrole nitrogens is 1. The molecular weight excluding hydrogens is 450 g/mol. The monoisotopic (exact) mass is 471 g/mol. The van der Waals surface area contributed by atoms with Gasteiger partial charge in [-0.1, -0.05) is 36.4 Å². The summed E-state index contributed by atoms with van der Waals surface area (Å²) in [6.07, 6.45) is 3.33. The molecule has 3 heterocycles. The molecule has 4 N–H and O–H groups in total. The number of hydrogen-bond donors (Lipinski definition) is 3. The van der Waals surface area contributed by atoms with Crippen molar-refractivity contribution in [1.82, 2.24) is 15.3 Å². The largest absolute Gasteiger partial charge is 0.368 e. The fourth-order valence-electron chi connectivity index (χ4n) is 4.08. The topological polar surface area (TPSA) is 121 Å². The van der Waals surface area contributed by atoms with E-state index in [1.165, 1.54) is 16.7 Å². The first-order valence-electron chi connectivity index (χ1n) is 10.6. The molecule has 170 valence electrons. The van der Waals surface area contributed by atoms with Crippen LogP contribution in [0.15, 0.2) is 84.0 Å². The third kappa shape index (κ3) is 4.13. The Labute approximate surface area is 199 Å². The van der Waals surface area contributed by atoms with E-state index < -0.39 is 29.0 Å². The lowest BCUT2D eigenvalue weighted by Crippen LogP contribution is -2.52. The normalized spacial score (nSPS) is 17.8. The molecule has 0 aliphatic carbocycles. The molecule has 0 fully saturated rings. The molecule has 2 atom stereocenters. The summed E-state index contributed by atoms with van der Waals surface area (Å²) in [6, 6.07) is 19.3. The van der Waals surface area contributed by atoms with Crippen LogP contribution in [0.2, 0.25) is 0 Å². The van der Waals surface area contributed by atoms with E-state index in [1.54, 1.807) is 36.7 Å². The second-order valence-corrected chi connectivity index (χ2v) is 9.09. The minimum atomic E-state index is -0.972. The number of thioether (sulfide) groups is 1. The highest BCUT2D eigenvalue weighted by atomic mass is 32.2. The average Bonchev–Trinajstić information content (AvgIpc) is 3.25. The Morgan fingerprint density at radius 1 is 1.09 bits per heavy atom. The summed E-state index contributed by atoms with van der Waals surface area (Å²) in [5.41, 5.74) is 7.99. The van der Waals surface area contributed by atoms with Crippen LogP contribution in [-0.2, 0) is 9.59 Å². The number of anilines is 1. The van der Waals surface area contributed by atoms with Crippen molar-refractivity contribution in [3.63, 3.8) is 0 Å². The molecule has 0 bridgehead atoms. The summed E-state index contributed by atoms with van der Waals surface area (Å²) in [6.45, 7) is -0.297. The maximum atomic E-state index is 13.8. The highest BCUT2D eigenvalue weighted by Gasteiger charge is 2.40. The Bertz CT molecular complexity index is 1350. The first-order valence-corrected chi connectivity index (χ1v) is 11.5. The Morgan fingerprint density at radius 3 is 2.65 bits per heavy atom. The number of hydrogen-bond acceptors (Lipinski definition) is 5. The van der Waals surface area contributed by atoms with Crippen LogP contribution in [0.25, 0.3) is 10.9 Å². The molecule has 5 rings (SSSR count). The zero-order valence-corrected chi connectivity index (χ0v) is 18.8. The van der Waals surface area contributed by atoms with Gasteiger partial charge in [0.15, 0.2) is 0 Å². The minimum Gasteiger partial charge on any atom is -0.368 e. The van der Waals surface area contributed by atoms with Crippen molar-refractivity contribution in [2.75, 3.05) is 11.4 Å². The first-order chi connectivity index (χ1) is 16.5. The number of nitrogens with zero attached hydrogens (tertiary/aromatic N) is 2. The summed E-state index contributed by atoms with van der Waals surface area (Å²) in [7, 11) is 0. The second-order valence-electron chi connectivity index (χ2n) is 7.90. The second kappa shape index (κ2) is 9.03. The zero-order valence-electron chi connectivity index (χ0n) is 18.0.